The third kappa shape index (κ3) is 1.76. The minimum absolute atomic E-state index is 0.798. The van der Waals surface area contributed by atoms with Crippen LogP contribution in [0.3, 0.4) is 0 Å². The van der Waals surface area contributed by atoms with Gasteiger partial charge < -0.3 is 9.73 Å². The Hall–Kier alpha value is -0.800. The summed E-state index contributed by atoms with van der Waals surface area (Å²) in [6.45, 7) is 0.836. The van der Waals surface area contributed by atoms with E-state index >= 15 is 0 Å². The van der Waals surface area contributed by atoms with E-state index in [0.717, 1.165) is 17.6 Å². The molecule has 0 saturated carbocycles. The van der Waals surface area contributed by atoms with Gasteiger partial charge in [-0.3, -0.25) is 0 Å². The highest BCUT2D eigenvalue weighted by Gasteiger charge is 2.02. The molecule has 0 bridgehead atoms. The first-order valence-corrected chi connectivity index (χ1v) is 5.26. The number of nitrogens with one attached hydrogen (secondary N) is 1. The van der Waals surface area contributed by atoms with Crippen molar-refractivity contribution in [1.29, 1.82) is 0 Å². The normalized spacial score (nSPS) is 10.8. The Labute approximate surface area is 85.1 Å². The second kappa shape index (κ2) is 3.94. The fraction of sp³-hybridized carbons (Fsp3) is 0.200. The molecule has 0 amide bonds. The molecule has 0 aliphatic carbocycles. The second-order valence-corrected chi connectivity index (χ2v) is 3.38. The summed E-state index contributed by atoms with van der Waals surface area (Å²) < 4.78 is 5.39. The third-order valence-electron chi connectivity index (χ3n) is 1.97. The van der Waals surface area contributed by atoms with Crippen LogP contribution in [-0.2, 0) is 6.54 Å². The minimum Gasteiger partial charge on any atom is -0.464 e. The number of hydrogen-bond donors (Lipinski definition) is 1. The van der Waals surface area contributed by atoms with Gasteiger partial charge in [0.05, 0.1) is 11.7 Å². The molecule has 0 spiro atoms. The van der Waals surface area contributed by atoms with Crippen LogP contribution in [0.15, 0.2) is 34.9 Å². The maximum atomic E-state index is 5.39. The van der Waals surface area contributed by atoms with Gasteiger partial charge in [0.2, 0.25) is 0 Å². The zero-order valence-electron chi connectivity index (χ0n) is 7.09. The molecule has 2 aromatic rings. The lowest BCUT2D eigenvalue weighted by Gasteiger charge is -1.96. The third-order valence-corrected chi connectivity index (χ3v) is 2.37. The van der Waals surface area contributed by atoms with E-state index in [-0.39, 0.29) is 0 Å². The molecule has 0 atom stereocenters. The summed E-state index contributed by atoms with van der Waals surface area (Å²) in [4.78, 5) is 0. The van der Waals surface area contributed by atoms with E-state index in [9.17, 15) is 0 Å². The highest BCUT2D eigenvalue weighted by molar-refractivity contribution is 9.09. The Kier molecular flexibility index (Phi) is 2.66. The molecule has 0 unspecified atom stereocenters. The highest BCUT2D eigenvalue weighted by atomic mass is 79.9. The molecular formula is C10H10BrNO. The van der Waals surface area contributed by atoms with Crippen molar-refractivity contribution in [3.05, 3.63) is 36.1 Å². The average Bonchev–Trinajstić information content (AvgIpc) is 2.58. The lowest BCUT2D eigenvalue weighted by atomic mass is 10.2. The molecule has 68 valence electrons. The molecule has 0 aliphatic rings. The molecule has 1 N–H and O–H groups in total. The van der Waals surface area contributed by atoms with Crippen molar-refractivity contribution in [1.82, 2.24) is 5.32 Å². The second-order valence-electron chi connectivity index (χ2n) is 2.82. The number of hydrogen-bond acceptors (Lipinski definition) is 2. The van der Waals surface area contributed by atoms with E-state index in [1.54, 1.807) is 6.26 Å². The van der Waals surface area contributed by atoms with Gasteiger partial charge >= 0.3 is 0 Å². The lowest BCUT2D eigenvalue weighted by molar-refractivity contribution is 0.607. The van der Waals surface area contributed by atoms with Gasteiger partial charge in [-0.1, -0.05) is 34.1 Å². The maximum Gasteiger partial charge on any atom is 0.134 e. The summed E-state index contributed by atoms with van der Waals surface area (Å²) in [7, 11) is 0. The molecule has 2 nitrogen and oxygen atoms in total. The van der Waals surface area contributed by atoms with Crippen LogP contribution in [0.2, 0.25) is 0 Å². The molecule has 0 fully saturated rings. The summed E-state index contributed by atoms with van der Waals surface area (Å²) in [6.07, 6.45) is 1.81. The topological polar surface area (TPSA) is 25.2 Å². The van der Waals surface area contributed by atoms with Gasteiger partial charge in [0.15, 0.2) is 0 Å². The predicted molar refractivity (Wildman–Crippen MR) is 56.8 cm³/mol. The number of alkyl halides is 1. The first-order valence-electron chi connectivity index (χ1n) is 4.13. The maximum absolute atomic E-state index is 5.39. The van der Waals surface area contributed by atoms with E-state index < -0.39 is 0 Å². The van der Waals surface area contributed by atoms with Crippen molar-refractivity contribution in [3.8, 4) is 0 Å². The zero-order valence-corrected chi connectivity index (χ0v) is 8.67. The van der Waals surface area contributed by atoms with Crippen molar-refractivity contribution in [3.63, 3.8) is 0 Å². The minimum atomic E-state index is 0.798. The molecule has 2 rings (SSSR count). The lowest BCUT2D eigenvalue weighted by Crippen LogP contribution is -2.08. The van der Waals surface area contributed by atoms with Crippen molar-refractivity contribution in [2.24, 2.45) is 0 Å². The van der Waals surface area contributed by atoms with Crippen LogP contribution in [0.5, 0.6) is 0 Å². The number of para-hydroxylation sites is 1. The summed E-state index contributed by atoms with van der Waals surface area (Å²) in [5.41, 5.74) is 2.95. The van der Waals surface area contributed by atoms with Gasteiger partial charge in [-0.05, 0) is 6.07 Å². The summed E-state index contributed by atoms with van der Waals surface area (Å²) in [5, 5.41) is 4.39. The Bertz CT molecular complexity index is 396. The van der Waals surface area contributed by atoms with E-state index in [1.807, 2.05) is 18.2 Å². The predicted octanol–water partition coefficient (Wildman–Crippen LogP) is 2.87. The Balaban J connectivity index is 2.35. The van der Waals surface area contributed by atoms with Crippen LogP contribution in [0, 0.1) is 0 Å². The van der Waals surface area contributed by atoms with Gasteiger partial charge in [-0.25, -0.2) is 0 Å². The van der Waals surface area contributed by atoms with E-state index in [1.165, 1.54) is 10.9 Å². The first-order chi connectivity index (χ1) is 6.42. The highest BCUT2D eigenvalue weighted by Crippen LogP contribution is 2.20. The quantitative estimate of drug-likeness (QED) is 0.659. The Morgan fingerprint density at radius 3 is 3.00 bits per heavy atom. The number of fused-ring (bicyclic) bond motifs is 1. The van der Waals surface area contributed by atoms with Crippen LogP contribution in [0.1, 0.15) is 5.56 Å². The van der Waals surface area contributed by atoms with Gasteiger partial charge in [-0.15, -0.1) is 0 Å². The van der Waals surface area contributed by atoms with E-state index in [2.05, 4.69) is 27.3 Å². The van der Waals surface area contributed by atoms with Crippen molar-refractivity contribution < 1.29 is 4.42 Å². The monoisotopic (exact) mass is 239 g/mol. The summed E-state index contributed by atoms with van der Waals surface area (Å²) in [6, 6.07) is 8.06. The number of rotatable bonds is 3. The molecule has 1 aromatic carbocycles. The Morgan fingerprint density at radius 1 is 1.31 bits per heavy atom. The standard InChI is InChI=1S/C10H10BrNO/c11-7-12-5-8-6-13-10-4-2-1-3-9(8)10/h1-4,6,12H,5,7H2. The van der Waals surface area contributed by atoms with Gasteiger partial charge in [0.25, 0.3) is 0 Å². The molecule has 1 heterocycles. The molecule has 0 saturated heterocycles. The first kappa shape index (κ1) is 8.78. The van der Waals surface area contributed by atoms with E-state index in [4.69, 9.17) is 4.42 Å². The summed E-state index contributed by atoms with van der Waals surface area (Å²) >= 11 is 3.32. The fourth-order valence-electron chi connectivity index (χ4n) is 1.35. The van der Waals surface area contributed by atoms with Crippen LogP contribution >= 0.6 is 15.9 Å². The molecule has 3 heteroatoms. The van der Waals surface area contributed by atoms with Crippen LogP contribution in [0.4, 0.5) is 0 Å². The van der Waals surface area contributed by atoms with Gasteiger partial charge in [0.1, 0.15) is 5.58 Å². The average molecular weight is 240 g/mol. The van der Waals surface area contributed by atoms with Gasteiger partial charge in [-0.2, -0.15) is 0 Å². The number of halogens is 1. The number of benzene rings is 1. The molecule has 13 heavy (non-hydrogen) atoms. The van der Waals surface area contributed by atoms with E-state index in [0.29, 0.717) is 0 Å². The SMILES string of the molecule is BrCNCc1coc2ccccc12. The van der Waals surface area contributed by atoms with Crippen molar-refractivity contribution >= 4 is 26.9 Å². The summed E-state index contributed by atoms with van der Waals surface area (Å²) in [5.74, 6) is 0. The largest absolute Gasteiger partial charge is 0.464 e. The zero-order chi connectivity index (χ0) is 9.10. The van der Waals surface area contributed by atoms with Crippen molar-refractivity contribution in [2.75, 3.05) is 5.45 Å². The molecular weight excluding hydrogens is 230 g/mol. The van der Waals surface area contributed by atoms with Crippen LogP contribution in [-0.4, -0.2) is 5.45 Å². The molecule has 0 radical (unpaired) electrons. The molecule has 1 aromatic heterocycles. The fourth-order valence-corrected chi connectivity index (χ4v) is 1.55. The molecule has 0 aliphatic heterocycles. The van der Waals surface area contributed by atoms with Crippen LogP contribution in [0.25, 0.3) is 11.0 Å². The Morgan fingerprint density at radius 2 is 2.15 bits per heavy atom. The van der Waals surface area contributed by atoms with Gasteiger partial charge in [0, 0.05) is 17.5 Å². The van der Waals surface area contributed by atoms with Crippen LogP contribution < -0.4 is 5.32 Å². The number of furan rings is 1. The smallest absolute Gasteiger partial charge is 0.134 e. The van der Waals surface area contributed by atoms with Crippen molar-refractivity contribution in [2.45, 2.75) is 6.54 Å².